The highest BCUT2D eigenvalue weighted by Gasteiger charge is 2.36. The molecule has 1 heterocycles. The molecule has 0 radical (unpaired) electrons. The molecule has 10 heteroatoms. The van der Waals surface area contributed by atoms with Crippen LogP contribution in [0, 0.1) is 0 Å². The minimum Gasteiger partial charge on any atom is -0.508 e. The van der Waals surface area contributed by atoms with Crippen LogP contribution in [0.3, 0.4) is 0 Å². The van der Waals surface area contributed by atoms with Gasteiger partial charge in [0.05, 0.1) is 18.5 Å². The van der Waals surface area contributed by atoms with Crippen molar-refractivity contribution in [1.29, 1.82) is 0 Å². The molecule has 1 fully saturated rings. The number of nitrogens with zero attached hydrogens (tertiary/aromatic N) is 1. The van der Waals surface area contributed by atoms with Crippen molar-refractivity contribution in [3.05, 3.63) is 65.7 Å². The zero-order valence-electron chi connectivity index (χ0n) is 17.5. The van der Waals surface area contributed by atoms with E-state index in [0.717, 1.165) is 17.4 Å². The van der Waals surface area contributed by atoms with E-state index in [9.17, 15) is 18.6 Å². The van der Waals surface area contributed by atoms with Crippen molar-refractivity contribution in [3.8, 4) is 5.75 Å². The Balaban J connectivity index is 0.00000300. The van der Waals surface area contributed by atoms with Crippen molar-refractivity contribution < 1.29 is 39.2 Å². The fraction of sp³-hybridized carbons (Fsp3) is 0.429. The molecule has 2 aromatic carbocycles. The summed E-state index contributed by atoms with van der Waals surface area (Å²) < 4.78 is 28.1. The van der Waals surface area contributed by atoms with Gasteiger partial charge in [-0.1, -0.05) is 42.5 Å². The highest BCUT2D eigenvalue weighted by Crippen LogP contribution is 2.33. The zero-order chi connectivity index (χ0) is 20.2. The van der Waals surface area contributed by atoms with Crippen LogP contribution in [0.4, 0.5) is 0 Å². The first kappa shape index (κ1) is 28.9. The summed E-state index contributed by atoms with van der Waals surface area (Å²) in [5.74, 6) is 0.193. The van der Waals surface area contributed by atoms with E-state index in [4.69, 9.17) is 4.18 Å². The van der Waals surface area contributed by atoms with Crippen LogP contribution in [0.25, 0.3) is 0 Å². The molecule has 0 aromatic heterocycles. The summed E-state index contributed by atoms with van der Waals surface area (Å²) in [6, 6.07) is 16.4. The quantitative estimate of drug-likeness (QED) is 0.540. The molecule has 31 heavy (non-hydrogen) atoms. The lowest BCUT2D eigenvalue weighted by atomic mass is 9.84. The van der Waals surface area contributed by atoms with Gasteiger partial charge in [-0.15, -0.1) is 0 Å². The van der Waals surface area contributed by atoms with Gasteiger partial charge in [-0.25, -0.2) is 0 Å². The summed E-state index contributed by atoms with van der Waals surface area (Å²) in [6.07, 6.45) is 2.79. The van der Waals surface area contributed by atoms with Gasteiger partial charge in [0.2, 0.25) is 0 Å². The summed E-state index contributed by atoms with van der Waals surface area (Å²) >= 11 is 0. The van der Waals surface area contributed by atoms with Crippen molar-refractivity contribution in [2.45, 2.75) is 30.9 Å². The maximum Gasteiger partial charge on any atom is 0.264 e. The van der Waals surface area contributed by atoms with Gasteiger partial charge in [0.1, 0.15) is 5.75 Å². The van der Waals surface area contributed by atoms with Gasteiger partial charge in [-0.3, -0.25) is 9.08 Å². The standard InChI is InChI=1S/C21H27NO5S.3H2O/c1-28(25,26)27-16-19(15-17-7-9-20(23)10-8-17)22-13-11-21(24,12-14-22)18-5-3-2-4-6-18;;;/h2-10,19,23-24H,11-16H2,1H3;3*1H2. The van der Waals surface area contributed by atoms with Crippen molar-refractivity contribution in [2.75, 3.05) is 26.0 Å². The average Bonchev–Trinajstić information content (AvgIpc) is 2.67. The largest absolute Gasteiger partial charge is 0.508 e. The second-order valence-corrected chi connectivity index (χ2v) is 9.09. The number of aromatic hydroxyl groups is 1. The Morgan fingerprint density at radius 1 is 1.00 bits per heavy atom. The van der Waals surface area contributed by atoms with E-state index in [1.54, 1.807) is 12.1 Å². The van der Waals surface area contributed by atoms with Crippen LogP contribution in [0.2, 0.25) is 0 Å². The van der Waals surface area contributed by atoms with E-state index < -0.39 is 15.7 Å². The number of benzene rings is 2. The van der Waals surface area contributed by atoms with Crippen LogP contribution in [0.5, 0.6) is 5.75 Å². The van der Waals surface area contributed by atoms with Crippen LogP contribution < -0.4 is 0 Å². The van der Waals surface area contributed by atoms with E-state index in [2.05, 4.69) is 4.90 Å². The number of rotatable bonds is 7. The second kappa shape index (κ2) is 12.1. The molecule has 1 unspecified atom stereocenters. The second-order valence-electron chi connectivity index (χ2n) is 7.45. The van der Waals surface area contributed by atoms with Crippen LogP contribution in [-0.4, -0.2) is 72.0 Å². The summed E-state index contributed by atoms with van der Waals surface area (Å²) in [4.78, 5) is 2.18. The smallest absolute Gasteiger partial charge is 0.264 e. The highest BCUT2D eigenvalue weighted by molar-refractivity contribution is 7.85. The summed E-state index contributed by atoms with van der Waals surface area (Å²) in [6.45, 7) is 1.34. The Morgan fingerprint density at radius 3 is 2.06 bits per heavy atom. The number of hydrogen-bond donors (Lipinski definition) is 2. The van der Waals surface area contributed by atoms with Gasteiger partial charge >= 0.3 is 0 Å². The van der Waals surface area contributed by atoms with Crippen molar-refractivity contribution >= 4 is 10.1 Å². The lowest BCUT2D eigenvalue weighted by molar-refractivity contribution is -0.0397. The molecule has 0 aliphatic carbocycles. The van der Waals surface area contributed by atoms with E-state index in [0.29, 0.717) is 32.4 Å². The Bertz CT molecular complexity index is 866. The summed E-state index contributed by atoms with van der Waals surface area (Å²) in [7, 11) is -3.54. The zero-order valence-corrected chi connectivity index (χ0v) is 18.3. The maximum absolute atomic E-state index is 11.5. The minimum absolute atomic E-state index is 0. The van der Waals surface area contributed by atoms with E-state index >= 15 is 0 Å². The lowest BCUT2D eigenvalue weighted by Gasteiger charge is -2.42. The fourth-order valence-corrected chi connectivity index (χ4v) is 4.10. The molecule has 3 rings (SSSR count). The van der Waals surface area contributed by atoms with Crippen molar-refractivity contribution in [1.82, 2.24) is 4.90 Å². The molecular formula is C21H33NO8S. The van der Waals surface area contributed by atoms with Crippen LogP contribution in [0.15, 0.2) is 54.6 Å². The molecular weight excluding hydrogens is 426 g/mol. The van der Waals surface area contributed by atoms with E-state index in [1.807, 2.05) is 42.5 Å². The van der Waals surface area contributed by atoms with Gasteiger partial charge in [0.15, 0.2) is 0 Å². The van der Waals surface area contributed by atoms with Gasteiger partial charge in [-0.05, 0) is 42.5 Å². The Kier molecular flexibility index (Phi) is 11.3. The lowest BCUT2D eigenvalue weighted by Crippen LogP contribution is -2.49. The molecule has 8 N–H and O–H groups in total. The Hall–Kier alpha value is -2.05. The maximum atomic E-state index is 11.5. The van der Waals surface area contributed by atoms with Crippen LogP contribution >= 0.6 is 0 Å². The number of phenolic OH excluding ortho intramolecular Hbond substituents is 1. The van der Waals surface area contributed by atoms with Gasteiger partial charge in [-0.2, -0.15) is 8.42 Å². The molecule has 2 aromatic rings. The first-order valence-electron chi connectivity index (χ1n) is 9.39. The number of piperidine rings is 1. The molecule has 0 amide bonds. The predicted molar refractivity (Wildman–Crippen MR) is 118 cm³/mol. The predicted octanol–water partition coefficient (Wildman–Crippen LogP) is -0.211. The number of phenols is 1. The molecule has 1 aliphatic heterocycles. The molecule has 176 valence electrons. The van der Waals surface area contributed by atoms with Crippen molar-refractivity contribution in [3.63, 3.8) is 0 Å². The van der Waals surface area contributed by atoms with Gasteiger partial charge in [0, 0.05) is 19.1 Å². The third-order valence-corrected chi connectivity index (χ3v) is 5.90. The average molecular weight is 460 g/mol. The fourth-order valence-electron chi connectivity index (χ4n) is 3.70. The Labute approximate surface area is 183 Å². The number of likely N-dealkylation sites (tertiary alicyclic amines) is 1. The first-order chi connectivity index (χ1) is 13.3. The SMILES string of the molecule is CS(=O)(=O)OCC(Cc1ccc(O)cc1)N1CCC(O)(c2ccccc2)CC1.O.O.O. The summed E-state index contributed by atoms with van der Waals surface area (Å²) in [5.41, 5.74) is 1.04. The van der Waals surface area contributed by atoms with Crippen LogP contribution in [-0.2, 0) is 26.3 Å². The molecule has 1 saturated heterocycles. The third kappa shape index (κ3) is 8.19. The van der Waals surface area contributed by atoms with E-state index in [1.165, 1.54) is 0 Å². The minimum atomic E-state index is -3.54. The van der Waals surface area contributed by atoms with Gasteiger partial charge in [0.25, 0.3) is 10.1 Å². The third-order valence-electron chi connectivity index (χ3n) is 5.33. The molecule has 0 spiro atoms. The van der Waals surface area contributed by atoms with Gasteiger partial charge < -0.3 is 26.6 Å². The van der Waals surface area contributed by atoms with Crippen molar-refractivity contribution in [2.24, 2.45) is 0 Å². The highest BCUT2D eigenvalue weighted by atomic mass is 32.2. The number of hydrogen-bond acceptors (Lipinski definition) is 6. The molecule has 0 bridgehead atoms. The monoisotopic (exact) mass is 459 g/mol. The van der Waals surface area contributed by atoms with E-state index in [-0.39, 0.29) is 34.8 Å². The number of aliphatic hydroxyl groups is 1. The molecule has 1 aliphatic rings. The molecule has 9 nitrogen and oxygen atoms in total. The first-order valence-corrected chi connectivity index (χ1v) is 11.2. The normalized spacial score (nSPS) is 16.8. The summed E-state index contributed by atoms with van der Waals surface area (Å²) in [5, 5.41) is 20.5. The topological polar surface area (TPSA) is 182 Å². The molecule has 1 atom stereocenters. The Morgan fingerprint density at radius 2 is 1.55 bits per heavy atom. The van der Waals surface area contributed by atoms with Crippen LogP contribution in [0.1, 0.15) is 24.0 Å². The molecule has 0 saturated carbocycles.